The maximum Gasteiger partial charge on any atom is 0.266 e. The van der Waals surface area contributed by atoms with Crippen molar-refractivity contribution in [3.05, 3.63) is 46.2 Å². The predicted molar refractivity (Wildman–Crippen MR) is 97.7 cm³/mol. The minimum Gasteiger partial charge on any atom is -0.347 e. The highest BCUT2D eigenvalue weighted by Gasteiger charge is 2.16. The van der Waals surface area contributed by atoms with Crippen molar-refractivity contribution < 1.29 is 9.59 Å². The monoisotopic (exact) mass is 348 g/mol. The summed E-state index contributed by atoms with van der Waals surface area (Å²) in [6.07, 6.45) is 1.95. The zero-order valence-electron chi connectivity index (χ0n) is 13.6. The Labute approximate surface area is 144 Å². The first-order valence-corrected chi connectivity index (χ1v) is 9.26. The molecule has 1 heterocycles. The third-order valence-electron chi connectivity index (χ3n) is 2.95. The summed E-state index contributed by atoms with van der Waals surface area (Å²) in [6.45, 7) is 5.80. The molecule has 1 aromatic heterocycles. The molecule has 0 aliphatic heterocycles. The van der Waals surface area contributed by atoms with Crippen molar-refractivity contribution >= 4 is 40.6 Å². The van der Waals surface area contributed by atoms with Gasteiger partial charge >= 0.3 is 0 Å². The first-order chi connectivity index (χ1) is 10.8. The third-order valence-corrected chi connectivity index (χ3v) is 4.77. The average molecular weight is 348 g/mol. The van der Waals surface area contributed by atoms with E-state index < -0.39 is 0 Å². The van der Waals surface area contributed by atoms with Crippen molar-refractivity contribution in [3.8, 4) is 0 Å². The highest BCUT2D eigenvalue weighted by atomic mass is 32.2. The van der Waals surface area contributed by atoms with E-state index in [1.54, 1.807) is 36.0 Å². The standard InChI is InChI=1S/C17H20N2O2S2/c1-17(2,3)19-15(20)11-5-7-12(8-6-11)18-16(21)14-13(22-4)9-10-23-14/h5-10H,1-4H3,(H,18,21)(H,19,20). The largest absolute Gasteiger partial charge is 0.347 e. The number of thioether (sulfide) groups is 1. The van der Waals surface area contributed by atoms with Gasteiger partial charge in [0, 0.05) is 21.7 Å². The van der Waals surface area contributed by atoms with Crippen LogP contribution >= 0.6 is 23.1 Å². The Morgan fingerprint density at radius 2 is 1.70 bits per heavy atom. The fraction of sp³-hybridized carbons (Fsp3) is 0.294. The second kappa shape index (κ2) is 7.19. The van der Waals surface area contributed by atoms with Gasteiger partial charge in [-0.25, -0.2) is 0 Å². The Bertz CT molecular complexity index is 700. The van der Waals surface area contributed by atoms with E-state index in [0.29, 0.717) is 16.1 Å². The zero-order chi connectivity index (χ0) is 17.0. The summed E-state index contributed by atoms with van der Waals surface area (Å²) in [7, 11) is 0. The van der Waals surface area contributed by atoms with Crippen LogP contribution < -0.4 is 10.6 Å². The number of amides is 2. The number of carbonyl (C=O) groups is 2. The van der Waals surface area contributed by atoms with Crippen LogP contribution in [0.2, 0.25) is 0 Å². The molecule has 0 radical (unpaired) electrons. The first-order valence-electron chi connectivity index (χ1n) is 7.15. The number of rotatable bonds is 4. The van der Waals surface area contributed by atoms with Crippen molar-refractivity contribution in [2.75, 3.05) is 11.6 Å². The summed E-state index contributed by atoms with van der Waals surface area (Å²) >= 11 is 2.97. The summed E-state index contributed by atoms with van der Waals surface area (Å²) in [5.74, 6) is -0.255. The number of hydrogen-bond acceptors (Lipinski definition) is 4. The average Bonchev–Trinajstić information content (AvgIpc) is 2.94. The van der Waals surface area contributed by atoms with E-state index in [0.717, 1.165) is 4.90 Å². The highest BCUT2D eigenvalue weighted by Crippen LogP contribution is 2.26. The Balaban J connectivity index is 2.05. The van der Waals surface area contributed by atoms with Gasteiger partial charge < -0.3 is 10.6 Å². The molecule has 2 aromatic rings. The normalized spacial score (nSPS) is 11.1. The number of thiophene rings is 1. The van der Waals surface area contributed by atoms with E-state index in [1.165, 1.54) is 11.3 Å². The summed E-state index contributed by atoms with van der Waals surface area (Å²) in [4.78, 5) is 26.0. The molecule has 0 atom stereocenters. The smallest absolute Gasteiger partial charge is 0.266 e. The van der Waals surface area contributed by atoms with Crippen LogP contribution in [0.15, 0.2) is 40.6 Å². The van der Waals surface area contributed by atoms with Crippen molar-refractivity contribution in [2.24, 2.45) is 0 Å². The van der Waals surface area contributed by atoms with Gasteiger partial charge in [-0.1, -0.05) is 0 Å². The maximum atomic E-state index is 12.3. The van der Waals surface area contributed by atoms with Gasteiger partial charge in [0.15, 0.2) is 0 Å². The number of hydrogen-bond donors (Lipinski definition) is 2. The molecule has 0 aliphatic rings. The van der Waals surface area contributed by atoms with Crippen LogP contribution in [0.3, 0.4) is 0 Å². The zero-order valence-corrected chi connectivity index (χ0v) is 15.2. The molecule has 2 N–H and O–H groups in total. The predicted octanol–water partition coefficient (Wildman–Crippen LogP) is 4.25. The van der Waals surface area contributed by atoms with Crippen LogP contribution in [0.5, 0.6) is 0 Å². The lowest BCUT2D eigenvalue weighted by molar-refractivity contribution is 0.0919. The molecule has 1 aromatic carbocycles. The first kappa shape index (κ1) is 17.6. The lowest BCUT2D eigenvalue weighted by Crippen LogP contribution is -2.40. The SMILES string of the molecule is CSc1ccsc1C(=O)Nc1ccc(C(=O)NC(C)(C)C)cc1. The van der Waals surface area contributed by atoms with Gasteiger partial charge in [0.25, 0.3) is 11.8 Å². The Kier molecular flexibility index (Phi) is 5.49. The molecule has 23 heavy (non-hydrogen) atoms. The van der Waals surface area contributed by atoms with Gasteiger partial charge in [-0.15, -0.1) is 23.1 Å². The molecular formula is C17H20N2O2S2. The van der Waals surface area contributed by atoms with Crippen molar-refractivity contribution in [3.63, 3.8) is 0 Å². The molecular weight excluding hydrogens is 328 g/mol. The minimum absolute atomic E-state index is 0.127. The second-order valence-electron chi connectivity index (χ2n) is 6.05. The van der Waals surface area contributed by atoms with E-state index in [4.69, 9.17) is 0 Å². The fourth-order valence-corrected chi connectivity index (χ4v) is 3.57. The molecule has 0 saturated heterocycles. The van der Waals surface area contributed by atoms with Gasteiger partial charge in [0.05, 0.1) is 0 Å². The van der Waals surface area contributed by atoms with Crippen LogP contribution in [0.1, 0.15) is 40.8 Å². The molecule has 2 amide bonds. The fourth-order valence-electron chi connectivity index (χ4n) is 1.93. The van der Waals surface area contributed by atoms with E-state index >= 15 is 0 Å². The van der Waals surface area contributed by atoms with Crippen LogP contribution in [0, 0.1) is 0 Å². The molecule has 4 nitrogen and oxygen atoms in total. The molecule has 6 heteroatoms. The molecule has 0 aliphatic carbocycles. The molecule has 0 fully saturated rings. The van der Waals surface area contributed by atoms with Gasteiger partial charge in [0.1, 0.15) is 4.88 Å². The van der Waals surface area contributed by atoms with Crippen molar-refractivity contribution in [2.45, 2.75) is 31.2 Å². The number of carbonyl (C=O) groups excluding carboxylic acids is 2. The van der Waals surface area contributed by atoms with E-state index in [1.807, 2.05) is 38.5 Å². The van der Waals surface area contributed by atoms with Crippen LogP contribution in [-0.4, -0.2) is 23.6 Å². The molecule has 0 saturated carbocycles. The van der Waals surface area contributed by atoms with Crippen molar-refractivity contribution in [1.29, 1.82) is 0 Å². The quantitative estimate of drug-likeness (QED) is 0.812. The summed E-state index contributed by atoms with van der Waals surface area (Å²) < 4.78 is 0. The second-order valence-corrected chi connectivity index (χ2v) is 7.82. The summed E-state index contributed by atoms with van der Waals surface area (Å²) in [5, 5.41) is 7.67. The van der Waals surface area contributed by atoms with E-state index in [2.05, 4.69) is 10.6 Å². The third kappa shape index (κ3) is 4.84. The van der Waals surface area contributed by atoms with Gasteiger partial charge in [0.2, 0.25) is 0 Å². The van der Waals surface area contributed by atoms with Crippen LogP contribution in [0.25, 0.3) is 0 Å². The summed E-state index contributed by atoms with van der Waals surface area (Å²) in [6, 6.07) is 8.83. The topological polar surface area (TPSA) is 58.2 Å². The Morgan fingerprint density at radius 1 is 1.04 bits per heavy atom. The molecule has 122 valence electrons. The van der Waals surface area contributed by atoms with Gasteiger partial charge in [-0.3, -0.25) is 9.59 Å². The molecule has 0 spiro atoms. The van der Waals surface area contributed by atoms with Crippen LogP contribution in [-0.2, 0) is 0 Å². The lowest BCUT2D eigenvalue weighted by atomic mass is 10.1. The van der Waals surface area contributed by atoms with E-state index in [-0.39, 0.29) is 17.4 Å². The highest BCUT2D eigenvalue weighted by molar-refractivity contribution is 7.98. The number of nitrogens with one attached hydrogen (secondary N) is 2. The van der Waals surface area contributed by atoms with Gasteiger partial charge in [-0.05, 0) is 62.7 Å². The number of benzene rings is 1. The molecule has 2 rings (SSSR count). The lowest BCUT2D eigenvalue weighted by Gasteiger charge is -2.20. The van der Waals surface area contributed by atoms with Crippen LogP contribution in [0.4, 0.5) is 5.69 Å². The minimum atomic E-state index is -0.280. The van der Waals surface area contributed by atoms with Gasteiger partial charge in [-0.2, -0.15) is 0 Å². The Morgan fingerprint density at radius 3 is 2.26 bits per heavy atom. The maximum absolute atomic E-state index is 12.3. The summed E-state index contributed by atoms with van der Waals surface area (Å²) in [5.41, 5.74) is 0.957. The van der Waals surface area contributed by atoms with E-state index in [9.17, 15) is 9.59 Å². The Hall–Kier alpha value is -1.79. The molecule has 0 unspecified atom stereocenters. The van der Waals surface area contributed by atoms with Crippen molar-refractivity contribution in [1.82, 2.24) is 5.32 Å². The molecule has 0 bridgehead atoms. The number of anilines is 1.